The largest absolute Gasteiger partial charge is 0.478 e. The van der Waals surface area contributed by atoms with Crippen LogP contribution < -0.4 is 4.90 Å². The van der Waals surface area contributed by atoms with E-state index in [1.165, 1.54) is 6.07 Å². The molecule has 0 fully saturated rings. The van der Waals surface area contributed by atoms with Gasteiger partial charge in [0.1, 0.15) is 0 Å². The number of fused-ring (bicyclic) bond motifs is 1. The van der Waals surface area contributed by atoms with Gasteiger partial charge < -0.3 is 10.0 Å². The summed E-state index contributed by atoms with van der Waals surface area (Å²) in [5.41, 5.74) is 1.40. The topological polar surface area (TPSA) is 81.4 Å². The van der Waals surface area contributed by atoms with Crippen LogP contribution in [0.15, 0.2) is 18.2 Å². The molecule has 1 aromatic carbocycles. The highest BCUT2D eigenvalue weighted by molar-refractivity contribution is 5.97. The molecule has 110 valence electrons. The lowest BCUT2D eigenvalue weighted by Gasteiger charge is -2.31. The predicted octanol–water partition coefficient (Wildman–Crippen LogP) is 2.60. The minimum absolute atomic E-state index is 0.0271. The zero-order valence-electron chi connectivity index (χ0n) is 12.2. The Morgan fingerprint density at radius 3 is 2.76 bits per heavy atom. The zero-order valence-corrected chi connectivity index (χ0v) is 12.2. The maximum Gasteiger partial charge on any atom is 0.335 e. The average Bonchev–Trinajstić information content (AvgIpc) is 2.45. The third-order valence-corrected chi connectivity index (χ3v) is 3.79. The Kier molecular flexibility index (Phi) is 3.99. The van der Waals surface area contributed by atoms with Crippen LogP contribution in [0.3, 0.4) is 0 Å². The van der Waals surface area contributed by atoms with Crippen molar-refractivity contribution in [2.24, 2.45) is 5.41 Å². The smallest absolute Gasteiger partial charge is 0.335 e. The molecule has 5 nitrogen and oxygen atoms in total. The van der Waals surface area contributed by atoms with Gasteiger partial charge in [-0.15, -0.1) is 0 Å². The lowest BCUT2D eigenvalue weighted by atomic mass is 9.90. The first-order valence-electron chi connectivity index (χ1n) is 6.92. The molecule has 0 saturated heterocycles. The molecule has 5 heteroatoms. The molecule has 1 aromatic rings. The van der Waals surface area contributed by atoms with Crippen molar-refractivity contribution in [2.45, 2.75) is 33.1 Å². The molecule has 21 heavy (non-hydrogen) atoms. The van der Waals surface area contributed by atoms with Gasteiger partial charge in [0.2, 0.25) is 5.91 Å². The van der Waals surface area contributed by atoms with E-state index in [0.29, 0.717) is 25.8 Å². The van der Waals surface area contributed by atoms with E-state index in [9.17, 15) is 9.59 Å². The third-order valence-electron chi connectivity index (χ3n) is 3.79. The van der Waals surface area contributed by atoms with Crippen LogP contribution in [-0.2, 0) is 11.2 Å². The molecule has 2 rings (SSSR count). The summed E-state index contributed by atoms with van der Waals surface area (Å²) in [5, 5.41) is 18.1. The molecule has 0 bridgehead atoms. The lowest BCUT2D eigenvalue weighted by molar-refractivity contribution is -0.118. The SMILES string of the molecule is CC(C)(C#N)CCN1C(=O)CCc2cc(C(=O)O)ccc21. The van der Waals surface area contributed by atoms with Gasteiger partial charge in [-0.3, -0.25) is 4.79 Å². The van der Waals surface area contributed by atoms with E-state index in [-0.39, 0.29) is 11.5 Å². The second kappa shape index (κ2) is 5.57. The summed E-state index contributed by atoms with van der Waals surface area (Å²) in [4.78, 5) is 24.8. The van der Waals surface area contributed by atoms with Crippen LogP contribution in [0.2, 0.25) is 0 Å². The molecule has 0 spiro atoms. The summed E-state index contributed by atoms with van der Waals surface area (Å²) < 4.78 is 0. The Hall–Kier alpha value is -2.35. The van der Waals surface area contributed by atoms with Crippen LogP contribution in [0.5, 0.6) is 0 Å². The van der Waals surface area contributed by atoms with Gasteiger partial charge in [-0.25, -0.2) is 4.79 Å². The molecule has 0 aromatic heterocycles. The predicted molar refractivity (Wildman–Crippen MR) is 78.1 cm³/mol. The van der Waals surface area contributed by atoms with Crippen molar-refractivity contribution in [1.29, 1.82) is 5.26 Å². The van der Waals surface area contributed by atoms with Crippen LogP contribution >= 0.6 is 0 Å². The van der Waals surface area contributed by atoms with Gasteiger partial charge in [0, 0.05) is 18.7 Å². The fraction of sp³-hybridized carbons (Fsp3) is 0.438. The molecule has 1 aliphatic heterocycles. The van der Waals surface area contributed by atoms with Crippen LogP contribution in [-0.4, -0.2) is 23.5 Å². The molecule has 0 saturated carbocycles. The number of nitriles is 1. The first kappa shape index (κ1) is 15.0. The summed E-state index contributed by atoms with van der Waals surface area (Å²) in [7, 11) is 0. The van der Waals surface area contributed by atoms with E-state index in [1.807, 2.05) is 13.8 Å². The van der Waals surface area contributed by atoms with Gasteiger partial charge in [-0.05, 0) is 50.5 Å². The Morgan fingerprint density at radius 2 is 2.14 bits per heavy atom. The first-order chi connectivity index (χ1) is 9.84. The summed E-state index contributed by atoms with van der Waals surface area (Å²) in [5.74, 6) is -0.939. The number of rotatable bonds is 4. The van der Waals surface area contributed by atoms with Crippen molar-refractivity contribution in [2.75, 3.05) is 11.4 Å². The second-order valence-corrected chi connectivity index (χ2v) is 5.94. The number of aromatic carboxylic acids is 1. The van der Waals surface area contributed by atoms with E-state index in [4.69, 9.17) is 10.4 Å². The maximum atomic E-state index is 12.1. The van der Waals surface area contributed by atoms with E-state index >= 15 is 0 Å². The zero-order chi connectivity index (χ0) is 15.6. The number of anilines is 1. The number of carbonyl (C=O) groups excluding carboxylic acids is 1. The van der Waals surface area contributed by atoms with Crippen molar-refractivity contribution in [3.8, 4) is 6.07 Å². The molecule has 0 aliphatic carbocycles. The van der Waals surface area contributed by atoms with Crippen LogP contribution in [0, 0.1) is 16.7 Å². The molecule has 1 N–H and O–H groups in total. The van der Waals surface area contributed by atoms with Gasteiger partial charge in [0.25, 0.3) is 0 Å². The van der Waals surface area contributed by atoms with Crippen LogP contribution in [0.4, 0.5) is 5.69 Å². The third kappa shape index (κ3) is 3.22. The molecule has 1 amide bonds. The van der Waals surface area contributed by atoms with Gasteiger partial charge >= 0.3 is 5.97 Å². The van der Waals surface area contributed by atoms with E-state index in [0.717, 1.165) is 11.3 Å². The minimum Gasteiger partial charge on any atom is -0.478 e. The number of amides is 1. The molecular formula is C16H18N2O3. The summed E-state index contributed by atoms with van der Waals surface area (Å²) >= 11 is 0. The summed E-state index contributed by atoms with van der Waals surface area (Å²) in [6.45, 7) is 4.16. The normalized spacial score (nSPS) is 14.5. The van der Waals surface area contributed by atoms with Crippen molar-refractivity contribution in [3.05, 3.63) is 29.3 Å². The number of hydrogen-bond donors (Lipinski definition) is 1. The molecule has 0 atom stereocenters. The summed E-state index contributed by atoms with van der Waals surface area (Å²) in [6.07, 6.45) is 1.52. The molecule has 1 aliphatic rings. The molecule has 0 unspecified atom stereocenters. The monoisotopic (exact) mass is 286 g/mol. The van der Waals surface area contributed by atoms with Gasteiger partial charge in [-0.1, -0.05) is 0 Å². The van der Waals surface area contributed by atoms with Crippen molar-refractivity contribution >= 4 is 17.6 Å². The van der Waals surface area contributed by atoms with E-state index in [2.05, 4.69) is 6.07 Å². The fourth-order valence-electron chi connectivity index (χ4n) is 2.39. The Balaban J connectivity index is 2.26. The lowest BCUT2D eigenvalue weighted by Crippen LogP contribution is -2.37. The maximum absolute atomic E-state index is 12.1. The quantitative estimate of drug-likeness (QED) is 0.922. The second-order valence-electron chi connectivity index (χ2n) is 5.94. The average molecular weight is 286 g/mol. The molecule has 0 radical (unpaired) electrons. The molecular weight excluding hydrogens is 268 g/mol. The number of hydrogen-bond acceptors (Lipinski definition) is 3. The van der Waals surface area contributed by atoms with E-state index < -0.39 is 11.4 Å². The highest BCUT2D eigenvalue weighted by atomic mass is 16.4. The number of carbonyl (C=O) groups is 2. The molecule has 1 heterocycles. The van der Waals surface area contributed by atoms with Crippen molar-refractivity contribution in [1.82, 2.24) is 0 Å². The minimum atomic E-state index is -0.966. The Morgan fingerprint density at radius 1 is 1.43 bits per heavy atom. The van der Waals surface area contributed by atoms with E-state index in [1.54, 1.807) is 17.0 Å². The highest BCUT2D eigenvalue weighted by Gasteiger charge is 2.27. The van der Waals surface area contributed by atoms with Crippen molar-refractivity contribution in [3.63, 3.8) is 0 Å². The first-order valence-corrected chi connectivity index (χ1v) is 6.92. The summed E-state index contributed by atoms with van der Waals surface area (Å²) in [6, 6.07) is 7.07. The fourth-order valence-corrected chi connectivity index (χ4v) is 2.39. The van der Waals surface area contributed by atoms with Crippen LogP contribution in [0.25, 0.3) is 0 Å². The number of nitrogens with zero attached hydrogens (tertiary/aromatic N) is 2. The van der Waals surface area contributed by atoms with Gasteiger partial charge in [0.15, 0.2) is 0 Å². The number of carboxylic acid groups (broad SMARTS) is 1. The van der Waals surface area contributed by atoms with Gasteiger partial charge in [0.05, 0.1) is 17.0 Å². The Bertz CT molecular complexity index is 629. The van der Waals surface area contributed by atoms with Crippen LogP contribution in [0.1, 0.15) is 42.6 Å². The highest BCUT2D eigenvalue weighted by Crippen LogP contribution is 2.30. The standard InChI is InChI=1S/C16H18N2O3/c1-16(2,10-17)7-8-18-13-5-3-12(15(20)21)9-11(13)4-6-14(18)19/h3,5,9H,4,6-8H2,1-2H3,(H,20,21). The number of carboxylic acids is 1. The number of aryl methyl sites for hydroxylation is 1. The Labute approximate surface area is 123 Å². The number of benzene rings is 1. The van der Waals surface area contributed by atoms with Gasteiger partial charge in [-0.2, -0.15) is 5.26 Å². The van der Waals surface area contributed by atoms with Crippen molar-refractivity contribution < 1.29 is 14.7 Å².